The van der Waals surface area contributed by atoms with Gasteiger partial charge in [-0.05, 0) is 39.2 Å². The highest BCUT2D eigenvalue weighted by molar-refractivity contribution is 4.92. The number of ether oxygens (including phenoxy) is 1. The van der Waals surface area contributed by atoms with Gasteiger partial charge in [0.25, 0.3) is 0 Å². The normalized spacial score (nSPS) is 29.4. The minimum atomic E-state index is 0.102. The molecule has 14 heavy (non-hydrogen) atoms. The van der Waals surface area contributed by atoms with Crippen molar-refractivity contribution in [3.05, 3.63) is 0 Å². The molecule has 0 amide bonds. The molecule has 2 heteroatoms. The Labute approximate surface area is 88.4 Å². The second-order valence-corrected chi connectivity index (χ2v) is 4.56. The SMILES string of the molecule is CCCNC(CCC)C1(C)CCCO1. The Bertz CT molecular complexity index is 152. The van der Waals surface area contributed by atoms with Crippen molar-refractivity contribution in [2.24, 2.45) is 0 Å². The van der Waals surface area contributed by atoms with Crippen LogP contribution in [0.5, 0.6) is 0 Å². The Morgan fingerprint density at radius 3 is 2.64 bits per heavy atom. The predicted octanol–water partition coefficient (Wildman–Crippen LogP) is 2.72. The molecule has 2 nitrogen and oxygen atoms in total. The van der Waals surface area contributed by atoms with E-state index in [-0.39, 0.29) is 5.60 Å². The maximum absolute atomic E-state index is 5.89. The molecule has 0 aromatic rings. The van der Waals surface area contributed by atoms with Crippen molar-refractivity contribution < 1.29 is 4.74 Å². The summed E-state index contributed by atoms with van der Waals surface area (Å²) < 4.78 is 5.89. The molecular weight excluding hydrogens is 174 g/mol. The van der Waals surface area contributed by atoms with Crippen LogP contribution in [0.3, 0.4) is 0 Å². The first-order chi connectivity index (χ1) is 6.73. The van der Waals surface area contributed by atoms with E-state index in [4.69, 9.17) is 4.74 Å². The van der Waals surface area contributed by atoms with Gasteiger partial charge in [0.15, 0.2) is 0 Å². The molecule has 0 aliphatic carbocycles. The van der Waals surface area contributed by atoms with Crippen molar-refractivity contribution >= 4 is 0 Å². The fraction of sp³-hybridized carbons (Fsp3) is 1.00. The third-order valence-electron chi connectivity index (χ3n) is 3.20. The highest BCUT2D eigenvalue weighted by atomic mass is 16.5. The van der Waals surface area contributed by atoms with Crippen molar-refractivity contribution in [1.29, 1.82) is 0 Å². The molecule has 0 aromatic heterocycles. The standard InChI is InChI=1S/C12H25NO/c1-4-7-11(13-9-5-2)12(3)8-6-10-14-12/h11,13H,4-10H2,1-3H3. The van der Waals surface area contributed by atoms with Crippen LogP contribution in [0.15, 0.2) is 0 Å². The zero-order valence-electron chi connectivity index (χ0n) is 9.94. The molecule has 2 unspecified atom stereocenters. The molecule has 1 aliphatic heterocycles. The molecule has 2 atom stereocenters. The average Bonchev–Trinajstić information content (AvgIpc) is 2.60. The Morgan fingerprint density at radius 1 is 1.36 bits per heavy atom. The Hall–Kier alpha value is -0.0800. The zero-order valence-corrected chi connectivity index (χ0v) is 9.94. The number of nitrogens with one attached hydrogen (secondary N) is 1. The molecule has 0 radical (unpaired) electrons. The quantitative estimate of drug-likeness (QED) is 0.710. The van der Waals surface area contributed by atoms with E-state index in [1.165, 1.54) is 32.1 Å². The fourth-order valence-corrected chi connectivity index (χ4v) is 2.31. The minimum Gasteiger partial charge on any atom is -0.374 e. The number of rotatable bonds is 6. The molecule has 0 spiro atoms. The maximum Gasteiger partial charge on any atom is 0.0807 e. The summed E-state index contributed by atoms with van der Waals surface area (Å²) in [5.41, 5.74) is 0.102. The smallest absolute Gasteiger partial charge is 0.0807 e. The molecule has 1 heterocycles. The topological polar surface area (TPSA) is 21.3 Å². The van der Waals surface area contributed by atoms with Gasteiger partial charge in [-0.3, -0.25) is 0 Å². The maximum atomic E-state index is 5.89. The molecule has 84 valence electrons. The van der Waals surface area contributed by atoms with Gasteiger partial charge in [-0.1, -0.05) is 20.3 Å². The molecule has 0 aromatic carbocycles. The Kier molecular flexibility index (Phi) is 4.90. The lowest BCUT2D eigenvalue weighted by Gasteiger charge is -2.34. The Balaban J connectivity index is 2.46. The van der Waals surface area contributed by atoms with Gasteiger partial charge in [0.1, 0.15) is 0 Å². The van der Waals surface area contributed by atoms with Crippen LogP contribution < -0.4 is 5.32 Å². The van der Waals surface area contributed by atoms with Crippen molar-refractivity contribution in [3.63, 3.8) is 0 Å². The fourth-order valence-electron chi connectivity index (χ4n) is 2.31. The third kappa shape index (κ3) is 2.96. The van der Waals surface area contributed by atoms with Crippen LogP contribution in [0.25, 0.3) is 0 Å². The molecular formula is C12H25NO. The van der Waals surface area contributed by atoms with E-state index >= 15 is 0 Å². The van der Waals surface area contributed by atoms with E-state index in [0.29, 0.717) is 6.04 Å². The lowest BCUT2D eigenvalue weighted by atomic mass is 9.90. The molecule has 1 fully saturated rings. The number of hydrogen-bond acceptors (Lipinski definition) is 2. The summed E-state index contributed by atoms with van der Waals surface area (Å²) in [7, 11) is 0. The molecule has 1 rings (SSSR count). The van der Waals surface area contributed by atoms with Crippen LogP contribution >= 0.6 is 0 Å². The van der Waals surface area contributed by atoms with Crippen LogP contribution in [0.2, 0.25) is 0 Å². The van der Waals surface area contributed by atoms with Gasteiger partial charge in [-0.25, -0.2) is 0 Å². The summed E-state index contributed by atoms with van der Waals surface area (Å²) in [6.07, 6.45) is 6.12. The van der Waals surface area contributed by atoms with Crippen molar-refractivity contribution in [1.82, 2.24) is 5.32 Å². The van der Waals surface area contributed by atoms with Gasteiger partial charge in [-0.2, -0.15) is 0 Å². The van der Waals surface area contributed by atoms with E-state index in [9.17, 15) is 0 Å². The second kappa shape index (κ2) is 5.72. The van der Waals surface area contributed by atoms with E-state index < -0.39 is 0 Å². The highest BCUT2D eigenvalue weighted by Crippen LogP contribution is 2.30. The molecule has 0 saturated carbocycles. The van der Waals surface area contributed by atoms with Gasteiger partial charge >= 0.3 is 0 Å². The van der Waals surface area contributed by atoms with E-state index in [1.54, 1.807) is 0 Å². The lowest BCUT2D eigenvalue weighted by Crippen LogP contribution is -2.48. The van der Waals surface area contributed by atoms with Crippen LogP contribution in [0, 0.1) is 0 Å². The van der Waals surface area contributed by atoms with Crippen molar-refractivity contribution in [2.75, 3.05) is 13.2 Å². The lowest BCUT2D eigenvalue weighted by molar-refractivity contribution is -0.0139. The molecule has 1 saturated heterocycles. The summed E-state index contributed by atoms with van der Waals surface area (Å²) in [5.74, 6) is 0. The largest absolute Gasteiger partial charge is 0.374 e. The van der Waals surface area contributed by atoms with E-state index in [1.807, 2.05) is 0 Å². The van der Waals surface area contributed by atoms with Crippen molar-refractivity contribution in [2.45, 2.75) is 64.5 Å². The second-order valence-electron chi connectivity index (χ2n) is 4.56. The van der Waals surface area contributed by atoms with Gasteiger partial charge in [0, 0.05) is 12.6 Å². The molecule has 1 N–H and O–H groups in total. The first-order valence-corrected chi connectivity index (χ1v) is 6.10. The monoisotopic (exact) mass is 199 g/mol. The summed E-state index contributed by atoms with van der Waals surface area (Å²) >= 11 is 0. The van der Waals surface area contributed by atoms with Crippen LogP contribution in [0.4, 0.5) is 0 Å². The van der Waals surface area contributed by atoms with Crippen LogP contribution in [-0.2, 0) is 4.74 Å². The summed E-state index contributed by atoms with van der Waals surface area (Å²) in [6, 6.07) is 0.551. The third-order valence-corrected chi connectivity index (χ3v) is 3.20. The zero-order chi connectivity index (χ0) is 10.4. The van der Waals surface area contributed by atoms with E-state index in [2.05, 4.69) is 26.1 Å². The Morgan fingerprint density at radius 2 is 2.14 bits per heavy atom. The van der Waals surface area contributed by atoms with Gasteiger partial charge in [0.05, 0.1) is 5.60 Å². The summed E-state index contributed by atoms with van der Waals surface area (Å²) in [6.45, 7) is 8.80. The molecule has 0 bridgehead atoms. The van der Waals surface area contributed by atoms with Gasteiger partial charge in [-0.15, -0.1) is 0 Å². The average molecular weight is 199 g/mol. The van der Waals surface area contributed by atoms with Gasteiger partial charge < -0.3 is 10.1 Å². The predicted molar refractivity (Wildman–Crippen MR) is 60.6 cm³/mol. The van der Waals surface area contributed by atoms with Crippen LogP contribution in [0.1, 0.15) is 52.9 Å². The molecule has 1 aliphatic rings. The van der Waals surface area contributed by atoms with Gasteiger partial charge in [0.2, 0.25) is 0 Å². The van der Waals surface area contributed by atoms with Crippen molar-refractivity contribution in [3.8, 4) is 0 Å². The van der Waals surface area contributed by atoms with E-state index in [0.717, 1.165) is 13.2 Å². The minimum absolute atomic E-state index is 0.102. The summed E-state index contributed by atoms with van der Waals surface area (Å²) in [4.78, 5) is 0. The number of hydrogen-bond donors (Lipinski definition) is 1. The highest BCUT2D eigenvalue weighted by Gasteiger charge is 2.37. The summed E-state index contributed by atoms with van der Waals surface area (Å²) in [5, 5.41) is 3.63. The first kappa shape index (κ1) is 12.0. The first-order valence-electron chi connectivity index (χ1n) is 6.10. The van der Waals surface area contributed by atoms with Crippen LogP contribution in [-0.4, -0.2) is 24.8 Å².